The van der Waals surface area contributed by atoms with E-state index in [4.69, 9.17) is 22.2 Å². The molecule has 1 heterocycles. The van der Waals surface area contributed by atoms with Crippen LogP contribution in [0.4, 0.5) is 10.3 Å². The van der Waals surface area contributed by atoms with Crippen molar-refractivity contribution in [2.45, 2.75) is 0 Å². The molecule has 21 heavy (non-hydrogen) atoms. The third-order valence-corrected chi connectivity index (χ3v) is 3.21. The molecule has 0 amide bonds. The number of hydrogen-bond donors (Lipinski definition) is 2. The number of halogens is 2. The van der Waals surface area contributed by atoms with Gasteiger partial charge in [-0.25, -0.2) is 10.8 Å². The second kappa shape index (κ2) is 5.51. The number of ether oxygens (including phenoxy) is 1. The number of anilines is 1. The van der Waals surface area contributed by atoms with Crippen molar-refractivity contribution in [3.8, 4) is 11.6 Å². The first-order valence-electron chi connectivity index (χ1n) is 6.03. The highest BCUT2D eigenvalue weighted by Gasteiger charge is 2.12. The maximum Gasteiger partial charge on any atom is 0.260 e. The molecule has 2 aromatic carbocycles. The SMILES string of the molecule is NNc1ncc(F)c(Oc2ccc(Cl)c3ccccc23)n1. The highest BCUT2D eigenvalue weighted by molar-refractivity contribution is 6.35. The van der Waals surface area contributed by atoms with E-state index in [1.54, 1.807) is 12.1 Å². The Bertz CT molecular complexity index is 812. The molecule has 0 aliphatic carbocycles. The maximum absolute atomic E-state index is 13.7. The maximum atomic E-state index is 13.7. The van der Waals surface area contributed by atoms with E-state index in [9.17, 15) is 4.39 Å². The van der Waals surface area contributed by atoms with E-state index in [0.29, 0.717) is 10.8 Å². The van der Waals surface area contributed by atoms with Crippen LogP contribution in [0.5, 0.6) is 11.6 Å². The molecule has 0 aliphatic heterocycles. The fourth-order valence-corrected chi connectivity index (χ4v) is 2.15. The van der Waals surface area contributed by atoms with Crippen molar-refractivity contribution in [1.82, 2.24) is 9.97 Å². The Balaban J connectivity index is 2.08. The zero-order valence-corrected chi connectivity index (χ0v) is 11.4. The van der Waals surface area contributed by atoms with Crippen molar-refractivity contribution in [3.05, 3.63) is 53.4 Å². The van der Waals surface area contributed by atoms with Gasteiger partial charge < -0.3 is 4.74 Å². The Labute approximate surface area is 124 Å². The van der Waals surface area contributed by atoms with Crippen LogP contribution in [-0.4, -0.2) is 9.97 Å². The summed E-state index contributed by atoms with van der Waals surface area (Å²) in [5.41, 5.74) is 2.24. The van der Waals surface area contributed by atoms with Gasteiger partial charge in [0.2, 0.25) is 11.8 Å². The molecule has 0 saturated heterocycles. The number of nitrogens with two attached hydrogens (primary N) is 1. The largest absolute Gasteiger partial charge is 0.436 e. The van der Waals surface area contributed by atoms with Gasteiger partial charge in [-0.2, -0.15) is 9.37 Å². The summed E-state index contributed by atoms with van der Waals surface area (Å²) in [5, 5.41) is 2.15. The third kappa shape index (κ3) is 2.58. The molecule has 0 radical (unpaired) electrons. The van der Waals surface area contributed by atoms with Crippen LogP contribution in [0.2, 0.25) is 5.02 Å². The van der Waals surface area contributed by atoms with Gasteiger partial charge in [-0.05, 0) is 12.1 Å². The molecule has 0 atom stereocenters. The zero-order valence-electron chi connectivity index (χ0n) is 10.7. The summed E-state index contributed by atoms with van der Waals surface area (Å²) in [7, 11) is 0. The summed E-state index contributed by atoms with van der Waals surface area (Å²) >= 11 is 6.13. The van der Waals surface area contributed by atoms with Gasteiger partial charge in [-0.3, -0.25) is 5.43 Å². The topological polar surface area (TPSA) is 73.1 Å². The summed E-state index contributed by atoms with van der Waals surface area (Å²) in [6.45, 7) is 0. The molecule has 5 nitrogen and oxygen atoms in total. The number of aromatic nitrogens is 2. The predicted octanol–water partition coefficient (Wildman–Crippen LogP) is 3.50. The van der Waals surface area contributed by atoms with Gasteiger partial charge in [0.1, 0.15) is 5.75 Å². The van der Waals surface area contributed by atoms with E-state index in [2.05, 4.69) is 15.4 Å². The molecule has 0 unspecified atom stereocenters. The molecule has 0 bridgehead atoms. The Hall–Kier alpha value is -2.44. The summed E-state index contributed by atoms with van der Waals surface area (Å²) in [5.74, 6) is 4.80. The minimum atomic E-state index is -0.687. The molecule has 0 spiro atoms. The van der Waals surface area contributed by atoms with Gasteiger partial charge in [0.15, 0.2) is 0 Å². The van der Waals surface area contributed by atoms with Crippen LogP contribution in [0, 0.1) is 5.82 Å². The number of nitrogens with zero attached hydrogens (tertiary/aromatic N) is 2. The minimum absolute atomic E-state index is 0.0599. The van der Waals surface area contributed by atoms with E-state index >= 15 is 0 Å². The lowest BCUT2D eigenvalue weighted by Crippen LogP contribution is -2.11. The number of nitrogen functional groups attached to an aromatic ring is 1. The minimum Gasteiger partial charge on any atom is -0.436 e. The van der Waals surface area contributed by atoms with Gasteiger partial charge in [0.25, 0.3) is 5.88 Å². The first kappa shape index (κ1) is 13.5. The molecule has 3 N–H and O–H groups in total. The Morgan fingerprint density at radius 2 is 1.90 bits per heavy atom. The van der Waals surface area contributed by atoms with E-state index in [-0.39, 0.29) is 11.8 Å². The predicted molar refractivity (Wildman–Crippen MR) is 78.8 cm³/mol. The number of rotatable bonds is 3. The Morgan fingerprint density at radius 1 is 1.14 bits per heavy atom. The van der Waals surface area contributed by atoms with Crippen LogP contribution in [0.15, 0.2) is 42.6 Å². The van der Waals surface area contributed by atoms with Gasteiger partial charge in [-0.1, -0.05) is 35.9 Å². The van der Waals surface area contributed by atoms with Crippen molar-refractivity contribution in [3.63, 3.8) is 0 Å². The van der Waals surface area contributed by atoms with Crippen LogP contribution in [0.25, 0.3) is 10.8 Å². The standard InChI is InChI=1S/C14H10ClFN4O/c15-10-5-6-12(9-4-2-1-3-8(9)10)21-13-11(16)7-18-14(19-13)20-17/h1-7H,17H2,(H,18,19,20). The molecule has 0 fully saturated rings. The van der Waals surface area contributed by atoms with Crippen LogP contribution in [0.3, 0.4) is 0 Å². The lowest BCUT2D eigenvalue weighted by molar-refractivity contribution is 0.424. The van der Waals surface area contributed by atoms with Crippen LogP contribution < -0.4 is 16.0 Å². The summed E-state index contributed by atoms with van der Waals surface area (Å²) in [6, 6.07) is 10.7. The average molecular weight is 305 g/mol. The van der Waals surface area contributed by atoms with E-state index in [1.165, 1.54) is 0 Å². The second-order valence-electron chi connectivity index (χ2n) is 4.18. The molecule has 106 valence electrons. The molecular formula is C14H10ClFN4O. The molecule has 3 rings (SSSR count). The molecular weight excluding hydrogens is 295 g/mol. The quantitative estimate of drug-likeness (QED) is 0.572. The van der Waals surface area contributed by atoms with Crippen molar-refractivity contribution in [1.29, 1.82) is 0 Å². The van der Waals surface area contributed by atoms with Crippen LogP contribution in [-0.2, 0) is 0 Å². The third-order valence-electron chi connectivity index (χ3n) is 2.88. The van der Waals surface area contributed by atoms with Crippen molar-refractivity contribution >= 4 is 28.3 Å². The highest BCUT2D eigenvalue weighted by atomic mass is 35.5. The number of benzene rings is 2. The number of fused-ring (bicyclic) bond motifs is 1. The first-order chi connectivity index (χ1) is 10.2. The smallest absolute Gasteiger partial charge is 0.260 e. The molecule has 0 aliphatic rings. The monoisotopic (exact) mass is 304 g/mol. The normalized spacial score (nSPS) is 10.6. The van der Waals surface area contributed by atoms with E-state index in [0.717, 1.165) is 17.0 Å². The van der Waals surface area contributed by atoms with Gasteiger partial charge in [0, 0.05) is 15.8 Å². The second-order valence-corrected chi connectivity index (χ2v) is 4.59. The lowest BCUT2D eigenvalue weighted by atomic mass is 10.1. The Kier molecular flexibility index (Phi) is 3.55. The fraction of sp³-hybridized carbons (Fsp3) is 0. The Morgan fingerprint density at radius 3 is 2.67 bits per heavy atom. The van der Waals surface area contributed by atoms with E-state index in [1.807, 2.05) is 24.3 Å². The van der Waals surface area contributed by atoms with Gasteiger partial charge >= 0.3 is 0 Å². The van der Waals surface area contributed by atoms with Gasteiger partial charge in [0.05, 0.1) is 6.20 Å². The summed E-state index contributed by atoms with van der Waals surface area (Å²) in [6.07, 6.45) is 0.982. The molecule has 1 aromatic heterocycles. The highest BCUT2D eigenvalue weighted by Crippen LogP contribution is 2.34. The number of hydrazine groups is 1. The number of nitrogens with one attached hydrogen (secondary N) is 1. The average Bonchev–Trinajstić information content (AvgIpc) is 2.52. The molecule has 0 saturated carbocycles. The fourth-order valence-electron chi connectivity index (χ4n) is 1.92. The van der Waals surface area contributed by atoms with Crippen molar-refractivity contribution in [2.24, 2.45) is 5.84 Å². The lowest BCUT2D eigenvalue weighted by Gasteiger charge is -2.10. The summed E-state index contributed by atoms with van der Waals surface area (Å²) in [4.78, 5) is 7.49. The van der Waals surface area contributed by atoms with Crippen LogP contribution in [0.1, 0.15) is 0 Å². The van der Waals surface area contributed by atoms with Crippen molar-refractivity contribution < 1.29 is 9.13 Å². The van der Waals surface area contributed by atoms with E-state index < -0.39 is 5.82 Å². The molecule has 7 heteroatoms. The first-order valence-corrected chi connectivity index (χ1v) is 6.41. The van der Waals surface area contributed by atoms with Crippen LogP contribution >= 0.6 is 11.6 Å². The number of hydrogen-bond acceptors (Lipinski definition) is 5. The zero-order chi connectivity index (χ0) is 14.8. The van der Waals surface area contributed by atoms with Gasteiger partial charge in [-0.15, -0.1) is 0 Å². The van der Waals surface area contributed by atoms with Crippen molar-refractivity contribution in [2.75, 3.05) is 5.43 Å². The summed E-state index contributed by atoms with van der Waals surface area (Å²) < 4.78 is 19.3. The molecule has 3 aromatic rings.